The van der Waals surface area contributed by atoms with Crippen molar-refractivity contribution in [3.8, 4) is 0 Å². The van der Waals surface area contributed by atoms with Crippen LogP contribution in [0.15, 0.2) is 24.3 Å². The van der Waals surface area contributed by atoms with E-state index in [0.29, 0.717) is 18.2 Å². The van der Waals surface area contributed by atoms with Crippen molar-refractivity contribution in [1.82, 2.24) is 15.5 Å². The monoisotopic (exact) mass is 290 g/mol. The van der Waals surface area contributed by atoms with Crippen LogP contribution in [0.1, 0.15) is 29.8 Å². The molecular weight excluding hydrogens is 268 g/mol. The number of hydrogen-bond acceptors (Lipinski definition) is 3. The Morgan fingerprint density at radius 3 is 2.62 bits per heavy atom. The van der Waals surface area contributed by atoms with E-state index in [9.17, 15) is 9.59 Å². The highest BCUT2D eigenvalue weighted by atomic mass is 16.2. The molecule has 2 unspecified atom stereocenters. The third-order valence-electron chi connectivity index (χ3n) is 3.96. The molecule has 0 saturated carbocycles. The molecule has 1 aliphatic rings. The van der Waals surface area contributed by atoms with Crippen molar-refractivity contribution in [3.63, 3.8) is 0 Å². The first-order valence-electron chi connectivity index (χ1n) is 7.15. The molecule has 6 heteroatoms. The van der Waals surface area contributed by atoms with Gasteiger partial charge in [0.1, 0.15) is 0 Å². The predicted molar refractivity (Wildman–Crippen MR) is 80.8 cm³/mol. The average Bonchev–Trinajstić information content (AvgIpc) is 2.48. The SMILES string of the molecule is CC1NCCN(C(=O)c2ccc(CNC(N)=O)cc2)C1C. The van der Waals surface area contributed by atoms with Crippen LogP contribution in [-0.2, 0) is 6.54 Å². The number of urea groups is 1. The first-order valence-corrected chi connectivity index (χ1v) is 7.15. The summed E-state index contributed by atoms with van der Waals surface area (Å²) in [5.74, 6) is 0.0465. The lowest BCUT2D eigenvalue weighted by Crippen LogP contribution is -2.57. The number of amides is 3. The van der Waals surface area contributed by atoms with Gasteiger partial charge in [-0.15, -0.1) is 0 Å². The highest BCUT2D eigenvalue weighted by molar-refractivity contribution is 5.94. The Morgan fingerprint density at radius 2 is 2.00 bits per heavy atom. The molecule has 1 saturated heterocycles. The zero-order chi connectivity index (χ0) is 15.4. The van der Waals surface area contributed by atoms with E-state index in [2.05, 4.69) is 24.5 Å². The minimum Gasteiger partial charge on any atom is -0.352 e. The van der Waals surface area contributed by atoms with Gasteiger partial charge in [-0.1, -0.05) is 12.1 Å². The zero-order valence-electron chi connectivity index (χ0n) is 12.4. The number of rotatable bonds is 3. The molecule has 6 nitrogen and oxygen atoms in total. The van der Waals surface area contributed by atoms with Crippen molar-refractivity contribution in [2.45, 2.75) is 32.5 Å². The number of hydrogen-bond donors (Lipinski definition) is 3. The molecule has 1 aromatic rings. The maximum Gasteiger partial charge on any atom is 0.312 e. The second-order valence-corrected chi connectivity index (χ2v) is 5.40. The summed E-state index contributed by atoms with van der Waals surface area (Å²) < 4.78 is 0. The number of nitrogens with zero attached hydrogens (tertiary/aromatic N) is 1. The topological polar surface area (TPSA) is 87.5 Å². The van der Waals surface area contributed by atoms with Gasteiger partial charge in [-0.2, -0.15) is 0 Å². The van der Waals surface area contributed by atoms with Gasteiger partial charge < -0.3 is 21.3 Å². The molecule has 1 heterocycles. The molecule has 21 heavy (non-hydrogen) atoms. The molecule has 1 aliphatic heterocycles. The highest BCUT2D eigenvalue weighted by Gasteiger charge is 2.28. The van der Waals surface area contributed by atoms with Crippen LogP contribution in [0, 0.1) is 0 Å². The number of primary amides is 1. The van der Waals surface area contributed by atoms with Gasteiger partial charge in [-0.05, 0) is 31.5 Å². The fourth-order valence-electron chi connectivity index (χ4n) is 2.46. The zero-order valence-corrected chi connectivity index (χ0v) is 12.4. The van der Waals surface area contributed by atoms with Gasteiger partial charge in [0.2, 0.25) is 0 Å². The molecule has 2 rings (SSSR count). The Morgan fingerprint density at radius 1 is 1.33 bits per heavy atom. The molecule has 0 bridgehead atoms. The molecule has 0 aliphatic carbocycles. The van der Waals surface area contributed by atoms with Crippen molar-refractivity contribution in [2.75, 3.05) is 13.1 Å². The van der Waals surface area contributed by atoms with E-state index < -0.39 is 6.03 Å². The van der Waals surface area contributed by atoms with Crippen LogP contribution >= 0.6 is 0 Å². The first kappa shape index (κ1) is 15.3. The Bertz CT molecular complexity index is 515. The maximum atomic E-state index is 12.5. The van der Waals surface area contributed by atoms with Gasteiger partial charge in [0, 0.05) is 37.3 Å². The lowest BCUT2D eigenvalue weighted by molar-refractivity contribution is 0.0603. The van der Waals surface area contributed by atoms with Crippen LogP contribution in [-0.4, -0.2) is 42.0 Å². The van der Waals surface area contributed by atoms with Gasteiger partial charge in [0.25, 0.3) is 5.91 Å². The average molecular weight is 290 g/mol. The summed E-state index contributed by atoms with van der Waals surface area (Å²) in [5, 5.41) is 5.88. The van der Waals surface area contributed by atoms with Gasteiger partial charge in [0.05, 0.1) is 0 Å². The van der Waals surface area contributed by atoms with Crippen LogP contribution in [0.3, 0.4) is 0 Å². The second-order valence-electron chi connectivity index (χ2n) is 5.40. The van der Waals surface area contributed by atoms with Gasteiger partial charge in [0.15, 0.2) is 0 Å². The summed E-state index contributed by atoms with van der Waals surface area (Å²) in [6.45, 7) is 6.04. The normalized spacial score (nSPS) is 21.9. The van der Waals surface area contributed by atoms with Crippen molar-refractivity contribution < 1.29 is 9.59 Å². The second kappa shape index (κ2) is 6.58. The molecule has 114 valence electrons. The minimum absolute atomic E-state index is 0.0465. The third-order valence-corrected chi connectivity index (χ3v) is 3.96. The van der Waals surface area contributed by atoms with Crippen molar-refractivity contribution in [3.05, 3.63) is 35.4 Å². The van der Waals surface area contributed by atoms with Gasteiger partial charge >= 0.3 is 6.03 Å². The summed E-state index contributed by atoms with van der Waals surface area (Å²) in [4.78, 5) is 25.1. The van der Waals surface area contributed by atoms with Crippen LogP contribution < -0.4 is 16.4 Å². The molecule has 1 aromatic carbocycles. The minimum atomic E-state index is -0.557. The Kier molecular flexibility index (Phi) is 4.80. The van der Waals surface area contributed by atoms with Crippen molar-refractivity contribution >= 4 is 11.9 Å². The van der Waals surface area contributed by atoms with Crippen molar-refractivity contribution in [2.24, 2.45) is 5.73 Å². The summed E-state index contributed by atoms with van der Waals surface area (Å²) in [5.41, 5.74) is 6.60. The summed E-state index contributed by atoms with van der Waals surface area (Å²) in [6.07, 6.45) is 0. The van der Waals surface area contributed by atoms with E-state index in [-0.39, 0.29) is 11.9 Å². The Balaban J connectivity index is 2.04. The number of benzene rings is 1. The van der Waals surface area contributed by atoms with Crippen LogP contribution in [0.2, 0.25) is 0 Å². The molecule has 0 aromatic heterocycles. The van der Waals surface area contributed by atoms with Crippen molar-refractivity contribution in [1.29, 1.82) is 0 Å². The Hall–Kier alpha value is -2.08. The molecule has 2 atom stereocenters. The number of carbonyl (C=O) groups is 2. The first-order chi connectivity index (χ1) is 9.99. The molecule has 0 radical (unpaired) electrons. The van der Waals surface area contributed by atoms with E-state index in [4.69, 9.17) is 5.73 Å². The summed E-state index contributed by atoms with van der Waals surface area (Å²) in [6, 6.07) is 7.15. The van der Waals surface area contributed by atoms with Gasteiger partial charge in [-0.25, -0.2) is 4.79 Å². The Labute approximate surface area is 124 Å². The standard InChI is InChI=1S/C15H22N4O2/c1-10-11(2)19(8-7-17-10)14(20)13-5-3-12(4-6-13)9-18-15(16)21/h3-6,10-11,17H,7-9H2,1-2H3,(H3,16,18,21). The number of piperazine rings is 1. The molecule has 4 N–H and O–H groups in total. The van der Waals surface area contributed by atoms with E-state index in [1.807, 2.05) is 17.0 Å². The van der Waals surface area contributed by atoms with E-state index in [0.717, 1.165) is 18.7 Å². The smallest absolute Gasteiger partial charge is 0.312 e. The largest absolute Gasteiger partial charge is 0.352 e. The third kappa shape index (κ3) is 3.72. The fraction of sp³-hybridized carbons (Fsp3) is 0.467. The van der Waals surface area contributed by atoms with Crippen LogP contribution in [0.5, 0.6) is 0 Å². The number of nitrogens with two attached hydrogens (primary N) is 1. The van der Waals surface area contributed by atoms with Gasteiger partial charge in [-0.3, -0.25) is 4.79 Å². The molecule has 0 spiro atoms. The number of carbonyl (C=O) groups excluding carboxylic acids is 2. The maximum absolute atomic E-state index is 12.5. The molecule has 1 fully saturated rings. The predicted octanol–water partition coefficient (Wildman–Crippen LogP) is 0.677. The van der Waals surface area contributed by atoms with Crippen LogP contribution in [0.25, 0.3) is 0 Å². The quantitative estimate of drug-likeness (QED) is 0.765. The fourth-order valence-corrected chi connectivity index (χ4v) is 2.46. The molecule has 3 amide bonds. The summed E-state index contributed by atoms with van der Waals surface area (Å²) in [7, 11) is 0. The van der Waals surface area contributed by atoms with E-state index >= 15 is 0 Å². The lowest BCUT2D eigenvalue weighted by atomic mass is 10.0. The lowest BCUT2D eigenvalue weighted by Gasteiger charge is -2.38. The highest BCUT2D eigenvalue weighted by Crippen LogP contribution is 2.14. The number of nitrogens with one attached hydrogen (secondary N) is 2. The van der Waals surface area contributed by atoms with E-state index in [1.54, 1.807) is 12.1 Å². The van der Waals surface area contributed by atoms with Crippen LogP contribution in [0.4, 0.5) is 4.79 Å². The molecular formula is C15H22N4O2. The van der Waals surface area contributed by atoms with E-state index in [1.165, 1.54) is 0 Å². The summed E-state index contributed by atoms with van der Waals surface area (Å²) >= 11 is 0.